The summed E-state index contributed by atoms with van der Waals surface area (Å²) in [6.07, 6.45) is 1.68. The van der Waals surface area contributed by atoms with E-state index in [0.717, 1.165) is 11.3 Å². The molecular formula is C24H22N4O3S2. The number of nitrogens with zero attached hydrogens (tertiary/aromatic N) is 3. The number of amides is 1. The van der Waals surface area contributed by atoms with Gasteiger partial charge in [0.05, 0.1) is 10.6 Å². The van der Waals surface area contributed by atoms with Gasteiger partial charge in [-0.15, -0.1) is 11.3 Å². The molecule has 0 atom stereocenters. The molecule has 0 radical (unpaired) electrons. The Labute approximate surface area is 196 Å². The summed E-state index contributed by atoms with van der Waals surface area (Å²) in [5.74, 6) is -0.363. The van der Waals surface area contributed by atoms with Crippen molar-refractivity contribution in [3.63, 3.8) is 0 Å². The maximum absolute atomic E-state index is 13.1. The van der Waals surface area contributed by atoms with Gasteiger partial charge < -0.3 is 0 Å². The molecule has 2 aromatic heterocycles. The number of rotatable bonds is 8. The fourth-order valence-electron chi connectivity index (χ4n) is 3.21. The lowest BCUT2D eigenvalue weighted by molar-refractivity contribution is 0.102. The van der Waals surface area contributed by atoms with Crippen LogP contribution in [-0.4, -0.2) is 35.1 Å². The number of carbonyl (C=O) groups excluding carboxylic acids is 1. The molecular weight excluding hydrogens is 456 g/mol. The van der Waals surface area contributed by atoms with Crippen LogP contribution in [0.2, 0.25) is 0 Å². The van der Waals surface area contributed by atoms with Gasteiger partial charge in [-0.2, -0.15) is 4.31 Å². The van der Waals surface area contributed by atoms with Crippen molar-refractivity contribution >= 4 is 32.4 Å². The molecule has 7 nitrogen and oxygen atoms in total. The van der Waals surface area contributed by atoms with Crippen LogP contribution in [0.5, 0.6) is 0 Å². The van der Waals surface area contributed by atoms with Crippen molar-refractivity contribution in [3.8, 4) is 11.4 Å². The Morgan fingerprint density at radius 2 is 1.70 bits per heavy atom. The fraction of sp³-hybridized carbons (Fsp3) is 0.125. The van der Waals surface area contributed by atoms with Crippen LogP contribution in [0.3, 0.4) is 0 Å². The molecule has 2 heterocycles. The van der Waals surface area contributed by atoms with Gasteiger partial charge in [-0.25, -0.2) is 13.4 Å². The highest BCUT2D eigenvalue weighted by Gasteiger charge is 2.23. The zero-order chi connectivity index (χ0) is 23.3. The average Bonchev–Trinajstić information content (AvgIpc) is 3.32. The van der Waals surface area contributed by atoms with Gasteiger partial charge in [0.25, 0.3) is 5.91 Å². The normalized spacial score (nSPS) is 11.5. The zero-order valence-corrected chi connectivity index (χ0v) is 19.5. The quantitative estimate of drug-likeness (QED) is 0.397. The topological polar surface area (TPSA) is 92.3 Å². The van der Waals surface area contributed by atoms with E-state index in [4.69, 9.17) is 0 Å². The molecule has 4 rings (SSSR count). The summed E-state index contributed by atoms with van der Waals surface area (Å²) < 4.78 is 27.6. The first-order chi connectivity index (χ1) is 16.0. The number of nitrogens with one attached hydrogen (secondary N) is 1. The molecule has 0 aliphatic carbocycles. The Kier molecular flexibility index (Phi) is 6.93. The first kappa shape index (κ1) is 22.8. The molecule has 0 saturated carbocycles. The molecule has 0 aliphatic rings. The maximum Gasteiger partial charge on any atom is 0.257 e. The first-order valence-electron chi connectivity index (χ1n) is 10.3. The van der Waals surface area contributed by atoms with E-state index in [-0.39, 0.29) is 17.3 Å². The van der Waals surface area contributed by atoms with Crippen LogP contribution in [0.15, 0.2) is 89.3 Å². The number of thiazole rings is 1. The van der Waals surface area contributed by atoms with Gasteiger partial charge in [0.1, 0.15) is 5.69 Å². The summed E-state index contributed by atoms with van der Waals surface area (Å²) in [6, 6.07) is 20.9. The monoisotopic (exact) mass is 478 g/mol. The van der Waals surface area contributed by atoms with Crippen molar-refractivity contribution in [2.45, 2.75) is 18.4 Å². The number of benzene rings is 2. The summed E-state index contributed by atoms with van der Waals surface area (Å²) in [4.78, 5) is 21.4. The summed E-state index contributed by atoms with van der Waals surface area (Å²) in [5.41, 5.74) is 2.65. The molecule has 1 N–H and O–H groups in total. The predicted octanol–water partition coefficient (Wildman–Crippen LogP) is 4.67. The van der Waals surface area contributed by atoms with Crippen molar-refractivity contribution in [1.29, 1.82) is 0 Å². The van der Waals surface area contributed by atoms with E-state index in [9.17, 15) is 13.2 Å². The van der Waals surface area contributed by atoms with Gasteiger partial charge in [0.2, 0.25) is 10.0 Å². The molecule has 0 saturated heterocycles. The minimum Gasteiger partial charge on any atom is -0.298 e. The Morgan fingerprint density at radius 3 is 2.36 bits per heavy atom. The van der Waals surface area contributed by atoms with Gasteiger partial charge in [-0.3, -0.25) is 15.1 Å². The van der Waals surface area contributed by atoms with Crippen LogP contribution in [-0.2, 0) is 16.6 Å². The number of sulfonamides is 1. The zero-order valence-electron chi connectivity index (χ0n) is 17.9. The van der Waals surface area contributed by atoms with Crippen LogP contribution in [0.1, 0.15) is 22.8 Å². The van der Waals surface area contributed by atoms with E-state index < -0.39 is 10.0 Å². The summed E-state index contributed by atoms with van der Waals surface area (Å²) in [6.45, 7) is 2.42. The molecule has 9 heteroatoms. The Bertz CT molecular complexity index is 1320. The second-order valence-electron chi connectivity index (χ2n) is 7.15. The average molecular weight is 479 g/mol. The molecule has 2 aromatic carbocycles. The van der Waals surface area contributed by atoms with Crippen molar-refractivity contribution in [2.75, 3.05) is 11.9 Å². The maximum atomic E-state index is 13.1. The minimum absolute atomic E-state index is 0.142. The van der Waals surface area contributed by atoms with Gasteiger partial charge in [-0.05, 0) is 42.0 Å². The number of aromatic nitrogens is 2. The molecule has 0 spiro atoms. The Balaban J connectivity index is 1.46. The fourth-order valence-corrected chi connectivity index (χ4v) is 5.35. The summed E-state index contributed by atoms with van der Waals surface area (Å²) in [5, 5.41) is 5.02. The van der Waals surface area contributed by atoms with Gasteiger partial charge >= 0.3 is 0 Å². The number of anilines is 1. The number of carbonyl (C=O) groups is 1. The molecule has 1 amide bonds. The number of hydrogen-bond acceptors (Lipinski definition) is 6. The van der Waals surface area contributed by atoms with Crippen LogP contribution in [0.25, 0.3) is 11.4 Å². The highest BCUT2D eigenvalue weighted by molar-refractivity contribution is 7.89. The third kappa shape index (κ3) is 5.33. The van der Waals surface area contributed by atoms with Gasteiger partial charge in [0, 0.05) is 30.2 Å². The molecule has 0 aliphatic heterocycles. The largest absolute Gasteiger partial charge is 0.298 e. The second kappa shape index (κ2) is 10.0. The van der Waals surface area contributed by atoms with E-state index in [1.54, 1.807) is 13.1 Å². The van der Waals surface area contributed by atoms with Crippen LogP contribution in [0.4, 0.5) is 5.13 Å². The van der Waals surface area contributed by atoms with Crippen molar-refractivity contribution in [2.24, 2.45) is 0 Å². The first-order valence-corrected chi connectivity index (χ1v) is 12.6. The highest BCUT2D eigenvalue weighted by atomic mass is 32.2. The van der Waals surface area contributed by atoms with E-state index >= 15 is 0 Å². The minimum atomic E-state index is -3.69. The molecule has 0 bridgehead atoms. The SMILES string of the molecule is CCN(Cc1ccccc1)S(=O)(=O)c1ccc(C(=O)Nc2nc(-c3ccccn3)cs2)cc1. The lowest BCUT2D eigenvalue weighted by Gasteiger charge is -2.20. The molecule has 33 heavy (non-hydrogen) atoms. The lowest BCUT2D eigenvalue weighted by atomic mass is 10.2. The van der Waals surface area contributed by atoms with E-state index in [1.165, 1.54) is 39.9 Å². The van der Waals surface area contributed by atoms with Crippen LogP contribution in [0, 0.1) is 0 Å². The van der Waals surface area contributed by atoms with Crippen molar-refractivity contribution in [3.05, 3.63) is 95.5 Å². The van der Waals surface area contributed by atoms with E-state index in [2.05, 4.69) is 15.3 Å². The Morgan fingerprint density at radius 1 is 0.970 bits per heavy atom. The Hall–Kier alpha value is -3.40. The predicted molar refractivity (Wildman–Crippen MR) is 129 cm³/mol. The van der Waals surface area contributed by atoms with Crippen molar-refractivity contribution < 1.29 is 13.2 Å². The number of hydrogen-bond donors (Lipinski definition) is 1. The van der Waals surface area contributed by atoms with Crippen molar-refractivity contribution in [1.82, 2.24) is 14.3 Å². The van der Waals surface area contributed by atoms with Gasteiger partial charge in [-0.1, -0.05) is 43.3 Å². The lowest BCUT2D eigenvalue weighted by Crippen LogP contribution is -2.30. The van der Waals surface area contributed by atoms with Gasteiger partial charge in [0.15, 0.2) is 5.13 Å². The highest BCUT2D eigenvalue weighted by Crippen LogP contribution is 2.24. The standard InChI is InChI=1S/C24H22N4O3S2/c1-2-28(16-18-8-4-3-5-9-18)33(30,31)20-13-11-19(12-14-20)23(29)27-24-26-22(17-32-24)21-10-6-7-15-25-21/h3-15,17H,2,16H2,1H3,(H,26,27,29). The third-order valence-corrected chi connectivity index (χ3v) is 7.65. The smallest absolute Gasteiger partial charge is 0.257 e. The van der Waals surface area contributed by atoms with E-state index in [1.807, 2.05) is 53.9 Å². The number of pyridine rings is 1. The molecule has 0 unspecified atom stereocenters. The molecule has 0 fully saturated rings. The van der Waals surface area contributed by atoms with E-state index in [0.29, 0.717) is 22.9 Å². The third-order valence-electron chi connectivity index (χ3n) is 4.96. The summed E-state index contributed by atoms with van der Waals surface area (Å²) >= 11 is 1.30. The summed E-state index contributed by atoms with van der Waals surface area (Å²) in [7, 11) is -3.69. The second-order valence-corrected chi connectivity index (χ2v) is 9.94. The molecule has 4 aromatic rings. The van der Waals surface area contributed by atoms with Crippen LogP contribution >= 0.6 is 11.3 Å². The van der Waals surface area contributed by atoms with Crippen LogP contribution < -0.4 is 5.32 Å². The molecule has 168 valence electrons.